The van der Waals surface area contributed by atoms with Crippen molar-refractivity contribution in [3.05, 3.63) is 34.9 Å². The normalized spacial score (nSPS) is 11.8. The van der Waals surface area contributed by atoms with Gasteiger partial charge in [-0.1, -0.05) is 11.6 Å². The van der Waals surface area contributed by atoms with Crippen LogP contribution in [0.1, 0.15) is 29.1 Å². The number of nitrogens with zero attached hydrogens (tertiary/aromatic N) is 2. The maximum absolute atomic E-state index is 12.2. The maximum atomic E-state index is 12.2. The minimum atomic E-state index is -0.313. The van der Waals surface area contributed by atoms with Gasteiger partial charge in [0, 0.05) is 5.56 Å². The van der Waals surface area contributed by atoms with Gasteiger partial charge < -0.3 is 14.8 Å². The van der Waals surface area contributed by atoms with Crippen molar-refractivity contribution in [1.29, 1.82) is 0 Å². The topological polar surface area (TPSA) is 89.1 Å². The molecular weight excluding hydrogens is 296 g/mol. The molecule has 0 bridgehead atoms. The number of ether oxygens (including phenoxy) is 2. The van der Waals surface area contributed by atoms with Crippen LogP contribution < -0.4 is 14.8 Å². The van der Waals surface area contributed by atoms with E-state index in [4.69, 9.17) is 21.1 Å². The van der Waals surface area contributed by atoms with Crippen LogP contribution in [0, 0.1) is 0 Å². The van der Waals surface area contributed by atoms with E-state index in [-0.39, 0.29) is 11.9 Å². The van der Waals surface area contributed by atoms with Gasteiger partial charge >= 0.3 is 0 Å². The largest absolute Gasteiger partial charge is 0.493 e. The second-order valence-electron chi connectivity index (χ2n) is 4.26. The van der Waals surface area contributed by atoms with Crippen LogP contribution in [0.3, 0.4) is 0 Å². The fourth-order valence-electron chi connectivity index (χ4n) is 1.82. The molecule has 0 fully saturated rings. The fourth-order valence-corrected chi connectivity index (χ4v) is 2.11. The summed E-state index contributed by atoms with van der Waals surface area (Å²) in [5.41, 5.74) is 0.365. The molecule has 0 saturated heterocycles. The van der Waals surface area contributed by atoms with E-state index in [1.165, 1.54) is 26.6 Å². The Morgan fingerprint density at radius 2 is 2.14 bits per heavy atom. The molecule has 1 aromatic carbocycles. The average molecular weight is 311 g/mol. The Morgan fingerprint density at radius 3 is 2.71 bits per heavy atom. The predicted octanol–water partition coefficient (Wildman–Crippen LogP) is 1.97. The summed E-state index contributed by atoms with van der Waals surface area (Å²) in [7, 11) is 2.96. The van der Waals surface area contributed by atoms with E-state index in [1.54, 1.807) is 13.0 Å². The van der Waals surface area contributed by atoms with Crippen molar-refractivity contribution >= 4 is 17.5 Å². The Labute approximate surface area is 126 Å². The molecule has 2 aromatic rings. The number of amides is 1. The first-order chi connectivity index (χ1) is 10.1. The van der Waals surface area contributed by atoms with Gasteiger partial charge in [-0.25, -0.2) is 4.98 Å². The smallest absolute Gasteiger partial charge is 0.252 e. The molecule has 21 heavy (non-hydrogen) atoms. The molecule has 1 unspecified atom stereocenters. The molecule has 0 aliphatic carbocycles. The Balaban J connectivity index is 2.21. The van der Waals surface area contributed by atoms with Crippen molar-refractivity contribution in [1.82, 2.24) is 20.5 Å². The zero-order chi connectivity index (χ0) is 15.4. The zero-order valence-electron chi connectivity index (χ0n) is 11.8. The summed E-state index contributed by atoms with van der Waals surface area (Å²) in [6.45, 7) is 1.79. The summed E-state index contributed by atoms with van der Waals surface area (Å²) in [6.07, 6.45) is 1.38. The first-order valence-corrected chi connectivity index (χ1v) is 6.52. The highest BCUT2D eigenvalue weighted by atomic mass is 35.5. The first kappa shape index (κ1) is 15.1. The van der Waals surface area contributed by atoms with Crippen LogP contribution in [0.4, 0.5) is 0 Å². The maximum Gasteiger partial charge on any atom is 0.252 e. The predicted molar refractivity (Wildman–Crippen MR) is 76.8 cm³/mol. The van der Waals surface area contributed by atoms with E-state index in [9.17, 15) is 4.79 Å². The van der Waals surface area contributed by atoms with Gasteiger partial charge in [0.05, 0.1) is 25.3 Å². The molecule has 0 saturated carbocycles. The van der Waals surface area contributed by atoms with Gasteiger partial charge in [0.25, 0.3) is 5.91 Å². The summed E-state index contributed by atoms with van der Waals surface area (Å²) >= 11 is 6.08. The van der Waals surface area contributed by atoms with Crippen LogP contribution in [-0.4, -0.2) is 35.3 Å². The van der Waals surface area contributed by atoms with E-state index in [2.05, 4.69) is 20.5 Å². The minimum absolute atomic E-state index is 0.300. The van der Waals surface area contributed by atoms with Gasteiger partial charge in [-0.05, 0) is 19.1 Å². The highest BCUT2D eigenvalue weighted by Crippen LogP contribution is 2.36. The number of halogens is 1. The number of benzene rings is 1. The van der Waals surface area contributed by atoms with Crippen molar-refractivity contribution in [2.24, 2.45) is 0 Å². The monoisotopic (exact) mass is 310 g/mol. The second kappa shape index (κ2) is 6.45. The Bertz CT molecular complexity index is 631. The number of aromatic nitrogens is 3. The van der Waals surface area contributed by atoms with Gasteiger partial charge in [0.1, 0.15) is 12.2 Å². The van der Waals surface area contributed by atoms with Crippen molar-refractivity contribution in [2.75, 3.05) is 14.2 Å². The molecule has 0 spiro atoms. The van der Waals surface area contributed by atoms with Crippen LogP contribution in [0.5, 0.6) is 11.5 Å². The summed E-state index contributed by atoms with van der Waals surface area (Å²) < 4.78 is 10.3. The highest BCUT2D eigenvalue weighted by Gasteiger charge is 2.18. The Hall–Kier alpha value is -2.28. The minimum Gasteiger partial charge on any atom is -0.493 e. The lowest BCUT2D eigenvalue weighted by molar-refractivity contribution is 0.0938. The first-order valence-electron chi connectivity index (χ1n) is 6.14. The standard InChI is InChI=1S/C13H15ClN4O3/c1-7(12-15-6-16-18-12)17-13(19)8-4-9(14)11(21-3)10(5-8)20-2/h4-7H,1-3H3,(H,17,19)(H,15,16,18). The molecule has 112 valence electrons. The third kappa shape index (κ3) is 3.25. The lowest BCUT2D eigenvalue weighted by Crippen LogP contribution is -2.27. The molecule has 0 radical (unpaired) electrons. The molecule has 8 heteroatoms. The Kier molecular flexibility index (Phi) is 4.64. The number of carbonyl (C=O) groups is 1. The zero-order valence-corrected chi connectivity index (χ0v) is 12.6. The van der Waals surface area contributed by atoms with Crippen molar-refractivity contribution in [2.45, 2.75) is 13.0 Å². The van der Waals surface area contributed by atoms with E-state index >= 15 is 0 Å². The molecule has 2 rings (SSSR count). The van der Waals surface area contributed by atoms with Crippen LogP contribution in [0.15, 0.2) is 18.5 Å². The molecule has 1 aromatic heterocycles. The van der Waals surface area contributed by atoms with Gasteiger partial charge in [0.15, 0.2) is 11.5 Å². The lowest BCUT2D eigenvalue weighted by atomic mass is 10.1. The van der Waals surface area contributed by atoms with Crippen molar-refractivity contribution < 1.29 is 14.3 Å². The molecule has 0 aliphatic heterocycles. The van der Waals surface area contributed by atoms with Gasteiger partial charge in [0.2, 0.25) is 0 Å². The quantitative estimate of drug-likeness (QED) is 0.881. The lowest BCUT2D eigenvalue weighted by Gasteiger charge is -2.14. The van der Waals surface area contributed by atoms with Crippen LogP contribution in [0.2, 0.25) is 5.02 Å². The van der Waals surface area contributed by atoms with Crippen LogP contribution in [0.25, 0.3) is 0 Å². The molecule has 2 N–H and O–H groups in total. The number of hydrogen-bond donors (Lipinski definition) is 2. The number of aromatic amines is 1. The van der Waals surface area contributed by atoms with E-state index in [0.29, 0.717) is 27.9 Å². The number of carbonyl (C=O) groups excluding carboxylic acids is 1. The third-order valence-electron chi connectivity index (χ3n) is 2.89. The number of nitrogens with one attached hydrogen (secondary N) is 2. The molecule has 1 atom stereocenters. The summed E-state index contributed by atoms with van der Waals surface area (Å²) in [5, 5.41) is 9.53. The van der Waals surface area contributed by atoms with Crippen LogP contribution >= 0.6 is 11.6 Å². The van der Waals surface area contributed by atoms with E-state index < -0.39 is 0 Å². The number of H-pyrrole nitrogens is 1. The summed E-state index contributed by atoms with van der Waals surface area (Å²) in [6, 6.07) is 2.77. The van der Waals surface area contributed by atoms with E-state index in [1.807, 2.05) is 0 Å². The molecule has 0 aliphatic rings. The summed E-state index contributed by atoms with van der Waals surface area (Å²) in [4.78, 5) is 16.2. The fraction of sp³-hybridized carbons (Fsp3) is 0.308. The van der Waals surface area contributed by atoms with Gasteiger partial charge in [-0.3, -0.25) is 9.89 Å². The molecule has 1 heterocycles. The van der Waals surface area contributed by atoms with Gasteiger partial charge in [-0.2, -0.15) is 5.10 Å². The average Bonchev–Trinajstić information content (AvgIpc) is 3.00. The van der Waals surface area contributed by atoms with E-state index in [0.717, 1.165) is 0 Å². The second-order valence-corrected chi connectivity index (χ2v) is 4.67. The number of hydrogen-bond acceptors (Lipinski definition) is 5. The SMILES string of the molecule is COc1cc(C(=O)NC(C)c2ncn[nH]2)cc(Cl)c1OC. The highest BCUT2D eigenvalue weighted by molar-refractivity contribution is 6.32. The summed E-state index contributed by atoms with van der Waals surface area (Å²) in [5.74, 6) is 1.04. The Morgan fingerprint density at radius 1 is 1.38 bits per heavy atom. The van der Waals surface area contributed by atoms with Crippen LogP contribution in [-0.2, 0) is 0 Å². The van der Waals surface area contributed by atoms with Gasteiger partial charge in [-0.15, -0.1) is 0 Å². The number of rotatable bonds is 5. The molecule has 1 amide bonds. The molecule has 7 nitrogen and oxygen atoms in total. The third-order valence-corrected chi connectivity index (χ3v) is 3.17. The van der Waals surface area contributed by atoms with Crippen molar-refractivity contribution in [3.63, 3.8) is 0 Å². The van der Waals surface area contributed by atoms with Crippen molar-refractivity contribution in [3.8, 4) is 11.5 Å². The molecular formula is C13H15ClN4O3. The number of methoxy groups -OCH3 is 2.